The zero-order valence-electron chi connectivity index (χ0n) is 12.1. The van der Waals surface area contributed by atoms with Crippen molar-refractivity contribution in [1.82, 2.24) is 4.90 Å². The summed E-state index contributed by atoms with van der Waals surface area (Å²) in [7, 11) is 0. The van der Waals surface area contributed by atoms with Gasteiger partial charge in [-0.15, -0.1) is 0 Å². The fraction of sp³-hybridized carbons (Fsp3) is 0.333. The molecule has 3 rings (SSSR count). The predicted octanol–water partition coefficient (Wildman–Crippen LogP) is 4.53. The van der Waals surface area contributed by atoms with Gasteiger partial charge in [0.1, 0.15) is 0 Å². The molecular formula is C18H21BrN2. The molecule has 1 aliphatic rings. The van der Waals surface area contributed by atoms with Gasteiger partial charge in [-0.3, -0.25) is 4.90 Å². The van der Waals surface area contributed by atoms with Crippen LogP contribution in [0.3, 0.4) is 0 Å². The maximum absolute atomic E-state index is 3.67. The van der Waals surface area contributed by atoms with E-state index in [2.05, 4.69) is 80.7 Å². The smallest absolute Gasteiger partial charge is 0.0389 e. The Morgan fingerprint density at radius 1 is 1.10 bits per heavy atom. The van der Waals surface area contributed by atoms with Crippen LogP contribution in [0, 0.1) is 0 Å². The summed E-state index contributed by atoms with van der Waals surface area (Å²) in [4.78, 5) is 2.55. The van der Waals surface area contributed by atoms with Crippen molar-refractivity contribution >= 4 is 21.6 Å². The Morgan fingerprint density at radius 3 is 2.76 bits per heavy atom. The molecule has 21 heavy (non-hydrogen) atoms. The molecule has 0 aromatic heterocycles. The van der Waals surface area contributed by atoms with E-state index < -0.39 is 0 Å². The van der Waals surface area contributed by atoms with Crippen LogP contribution in [0.5, 0.6) is 0 Å². The highest BCUT2D eigenvalue weighted by molar-refractivity contribution is 9.10. The first-order chi connectivity index (χ1) is 10.3. The van der Waals surface area contributed by atoms with Gasteiger partial charge in [-0.05, 0) is 43.1 Å². The van der Waals surface area contributed by atoms with E-state index in [-0.39, 0.29) is 0 Å². The lowest BCUT2D eigenvalue weighted by molar-refractivity contribution is 0.208. The second-order valence-corrected chi connectivity index (χ2v) is 6.63. The summed E-state index contributed by atoms with van der Waals surface area (Å²) >= 11 is 3.53. The van der Waals surface area contributed by atoms with Crippen molar-refractivity contribution in [1.29, 1.82) is 0 Å². The van der Waals surface area contributed by atoms with Gasteiger partial charge in [-0.1, -0.05) is 52.3 Å². The summed E-state index contributed by atoms with van der Waals surface area (Å²) in [5.74, 6) is 0. The van der Waals surface area contributed by atoms with Crippen LogP contribution in [0.25, 0.3) is 0 Å². The van der Waals surface area contributed by atoms with Crippen molar-refractivity contribution in [3.05, 3.63) is 64.6 Å². The van der Waals surface area contributed by atoms with Gasteiger partial charge in [0.05, 0.1) is 0 Å². The number of hydrogen-bond acceptors (Lipinski definition) is 2. The van der Waals surface area contributed by atoms with Gasteiger partial charge in [0.2, 0.25) is 0 Å². The van der Waals surface area contributed by atoms with Gasteiger partial charge >= 0.3 is 0 Å². The van der Waals surface area contributed by atoms with E-state index in [9.17, 15) is 0 Å². The molecule has 1 N–H and O–H groups in total. The number of rotatable bonds is 4. The average molecular weight is 345 g/mol. The molecule has 110 valence electrons. The van der Waals surface area contributed by atoms with Gasteiger partial charge in [0.15, 0.2) is 0 Å². The standard InChI is InChI=1S/C18H21BrN2/c19-16-8-4-9-17(12-16)20-18-10-5-11-21(14-18)13-15-6-2-1-3-7-15/h1-4,6-9,12,18,20H,5,10-11,13-14H2. The molecule has 0 saturated carbocycles. The van der Waals surface area contributed by atoms with Crippen LogP contribution in [-0.4, -0.2) is 24.0 Å². The van der Waals surface area contributed by atoms with Gasteiger partial charge in [0, 0.05) is 29.3 Å². The quantitative estimate of drug-likeness (QED) is 0.876. The van der Waals surface area contributed by atoms with Crippen LogP contribution in [0.15, 0.2) is 59.1 Å². The van der Waals surface area contributed by atoms with E-state index in [1.54, 1.807) is 0 Å². The summed E-state index contributed by atoms with van der Waals surface area (Å²) in [5.41, 5.74) is 2.61. The highest BCUT2D eigenvalue weighted by Gasteiger charge is 2.19. The molecule has 0 bridgehead atoms. The third-order valence-corrected chi connectivity index (χ3v) is 4.44. The average Bonchev–Trinajstić information content (AvgIpc) is 2.49. The Morgan fingerprint density at radius 2 is 1.95 bits per heavy atom. The summed E-state index contributed by atoms with van der Waals surface area (Å²) in [5, 5.41) is 3.67. The molecule has 2 aromatic carbocycles. The van der Waals surface area contributed by atoms with Crippen molar-refractivity contribution < 1.29 is 0 Å². The third kappa shape index (κ3) is 4.32. The highest BCUT2D eigenvalue weighted by Crippen LogP contribution is 2.20. The Hall–Kier alpha value is -1.32. The molecule has 1 unspecified atom stereocenters. The van der Waals surface area contributed by atoms with E-state index >= 15 is 0 Å². The SMILES string of the molecule is Brc1cccc(NC2CCCN(Cc3ccccc3)C2)c1. The monoisotopic (exact) mass is 344 g/mol. The minimum Gasteiger partial charge on any atom is -0.381 e. The summed E-state index contributed by atoms with van der Waals surface area (Å²) in [6, 6.07) is 19.7. The number of halogens is 1. The van der Waals surface area contributed by atoms with E-state index in [0.29, 0.717) is 6.04 Å². The van der Waals surface area contributed by atoms with E-state index in [4.69, 9.17) is 0 Å². The summed E-state index contributed by atoms with van der Waals surface area (Å²) < 4.78 is 1.13. The first kappa shape index (κ1) is 14.6. The maximum atomic E-state index is 3.67. The molecule has 0 aliphatic carbocycles. The molecule has 1 atom stereocenters. The van der Waals surface area contributed by atoms with Crippen molar-refractivity contribution in [2.75, 3.05) is 18.4 Å². The number of hydrogen-bond donors (Lipinski definition) is 1. The van der Waals surface area contributed by atoms with Crippen LogP contribution >= 0.6 is 15.9 Å². The second kappa shape index (κ2) is 7.10. The molecule has 1 heterocycles. The van der Waals surface area contributed by atoms with Crippen LogP contribution < -0.4 is 5.32 Å². The van der Waals surface area contributed by atoms with Crippen molar-refractivity contribution in [2.24, 2.45) is 0 Å². The zero-order chi connectivity index (χ0) is 14.5. The second-order valence-electron chi connectivity index (χ2n) is 5.71. The van der Waals surface area contributed by atoms with E-state index in [1.165, 1.54) is 30.6 Å². The maximum Gasteiger partial charge on any atom is 0.0389 e. The zero-order valence-corrected chi connectivity index (χ0v) is 13.7. The molecular weight excluding hydrogens is 324 g/mol. The van der Waals surface area contributed by atoms with Crippen molar-refractivity contribution in [3.8, 4) is 0 Å². The Balaban J connectivity index is 1.58. The van der Waals surface area contributed by atoms with Crippen LogP contribution in [0.2, 0.25) is 0 Å². The molecule has 0 spiro atoms. The van der Waals surface area contributed by atoms with Gasteiger partial charge < -0.3 is 5.32 Å². The molecule has 1 fully saturated rings. The van der Waals surface area contributed by atoms with Gasteiger partial charge in [-0.25, -0.2) is 0 Å². The molecule has 2 aromatic rings. The summed E-state index contributed by atoms with van der Waals surface area (Å²) in [6.45, 7) is 3.37. The third-order valence-electron chi connectivity index (χ3n) is 3.95. The molecule has 1 aliphatic heterocycles. The van der Waals surface area contributed by atoms with Gasteiger partial charge in [-0.2, -0.15) is 0 Å². The fourth-order valence-corrected chi connectivity index (χ4v) is 3.37. The Labute approximate surface area is 135 Å². The molecule has 1 saturated heterocycles. The number of nitrogens with zero attached hydrogens (tertiary/aromatic N) is 1. The van der Waals surface area contributed by atoms with Crippen molar-refractivity contribution in [2.45, 2.75) is 25.4 Å². The largest absolute Gasteiger partial charge is 0.381 e. The Kier molecular flexibility index (Phi) is 4.94. The summed E-state index contributed by atoms with van der Waals surface area (Å²) in [6.07, 6.45) is 2.51. The van der Waals surface area contributed by atoms with Gasteiger partial charge in [0.25, 0.3) is 0 Å². The minimum atomic E-state index is 0.539. The first-order valence-electron chi connectivity index (χ1n) is 7.58. The normalized spacial score (nSPS) is 19.4. The number of likely N-dealkylation sites (tertiary alicyclic amines) is 1. The van der Waals surface area contributed by atoms with Crippen LogP contribution in [-0.2, 0) is 6.54 Å². The highest BCUT2D eigenvalue weighted by atomic mass is 79.9. The number of nitrogens with one attached hydrogen (secondary N) is 1. The topological polar surface area (TPSA) is 15.3 Å². The van der Waals surface area contributed by atoms with E-state index in [1.807, 2.05) is 0 Å². The first-order valence-corrected chi connectivity index (χ1v) is 8.37. The number of anilines is 1. The lowest BCUT2D eigenvalue weighted by Crippen LogP contribution is -2.41. The molecule has 0 radical (unpaired) electrons. The lowest BCUT2D eigenvalue weighted by atomic mass is 10.0. The minimum absolute atomic E-state index is 0.539. The predicted molar refractivity (Wildman–Crippen MR) is 92.5 cm³/mol. The van der Waals surface area contributed by atoms with Crippen molar-refractivity contribution in [3.63, 3.8) is 0 Å². The molecule has 3 heteroatoms. The molecule has 2 nitrogen and oxygen atoms in total. The van der Waals surface area contributed by atoms with Crippen LogP contribution in [0.4, 0.5) is 5.69 Å². The van der Waals surface area contributed by atoms with Crippen LogP contribution in [0.1, 0.15) is 18.4 Å². The lowest BCUT2D eigenvalue weighted by Gasteiger charge is -2.33. The van der Waals surface area contributed by atoms with E-state index in [0.717, 1.165) is 17.6 Å². The molecule has 0 amide bonds. The fourth-order valence-electron chi connectivity index (χ4n) is 2.97. The number of piperidine rings is 1. The number of benzene rings is 2. The Bertz CT molecular complexity index is 570.